The fourth-order valence-corrected chi connectivity index (χ4v) is 4.06. The van der Waals surface area contributed by atoms with Crippen LogP contribution in [0.1, 0.15) is 23.4 Å². The summed E-state index contributed by atoms with van der Waals surface area (Å²) in [5.41, 5.74) is 2.47. The summed E-state index contributed by atoms with van der Waals surface area (Å²) in [5.74, 6) is 1.20. The van der Waals surface area contributed by atoms with Gasteiger partial charge >= 0.3 is 0 Å². The van der Waals surface area contributed by atoms with Gasteiger partial charge in [0.1, 0.15) is 0 Å². The number of carbonyl (C=O) groups excluding carboxylic acids is 1. The van der Waals surface area contributed by atoms with Crippen molar-refractivity contribution in [3.05, 3.63) is 95.2 Å². The molecule has 158 valence electrons. The van der Waals surface area contributed by atoms with Gasteiger partial charge in [-0.2, -0.15) is 4.98 Å². The van der Waals surface area contributed by atoms with Crippen LogP contribution in [-0.2, 0) is 24.1 Å². The smallest absolute Gasteiger partial charge is 0.227 e. The molecule has 6 heteroatoms. The van der Waals surface area contributed by atoms with Crippen LogP contribution in [-0.4, -0.2) is 34.0 Å². The van der Waals surface area contributed by atoms with E-state index >= 15 is 0 Å². The average molecular weight is 432 g/mol. The fraction of sp³-hybridized carbons (Fsp3) is 0.240. The molecule has 0 radical (unpaired) electrons. The van der Waals surface area contributed by atoms with Gasteiger partial charge in [-0.1, -0.05) is 71.9 Å². The summed E-state index contributed by atoms with van der Waals surface area (Å²) >= 11 is 1.57. The number of amides is 1. The van der Waals surface area contributed by atoms with Crippen LogP contribution in [0, 0.1) is 0 Å². The highest BCUT2D eigenvalue weighted by molar-refractivity contribution is 7.13. The molecule has 0 aliphatic heterocycles. The van der Waals surface area contributed by atoms with Crippen LogP contribution in [0.25, 0.3) is 10.7 Å². The molecule has 2 aromatic carbocycles. The van der Waals surface area contributed by atoms with Gasteiger partial charge in [-0.3, -0.25) is 4.79 Å². The molecule has 2 aromatic heterocycles. The van der Waals surface area contributed by atoms with E-state index in [1.54, 1.807) is 11.3 Å². The van der Waals surface area contributed by atoms with E-state index in [9.17, 15) is 4.79 Å². The Morgan fingerprint density at radius 2 is 1.48 bits per heavy atom. The van der Waals surface area contributed by atoms with E-state index in [-0.39, 0.29) is 5.91 Å². The first-order valence-corrected chi connectivity index (χ1v) is 11.4. The SMILES string of the molecule is O=C(CCc1nc(-c2cccs2)no1)N(CCc1ccccc1)CCc1ccccc1. The molecule has 0 aliphatic rings. The third-order valence-corrected chi connectivity index (χ3v) is 6.01. The van der Waals surface area contributed by atoms with E-state index in [4.69, 9.17) is 4.52 Å². The van der Waals surface area contributed by atoms with Crippen molar-refractivity contribution in [1.82, 2.24) is 15.0 Å². The standard InChI is InChI=1S/C25H25N3O2S/c29-24(14-13-23-26-25(27-30-23)22-12-7-19-31-22)28(17-15-20-8-3-1-4-9-20)18-16-21-10-5-2-6-11-21/h1-12,19H,13-18H2. The monoisotopic (exact) mass is 431 g/mol. The molecular formula is C25H25N3O2S. The zero-order chi connectivity index (χ0) is 21.3. The second kappa shape index (κ2) is 10.7. The van der Waals surface area contributed by atoms with E-state index in [1.807, 2.05) is 58.8 Å². The van der Waals surface area contributed by atoms with Crippen LogP contribution in [0.15, 0.2) is 82.7 Å². The highest BCUT2D eigenvalue weighted by Gasteiger charge is 2.16. The van der Waals surface area contributed by atoms with E-state index in [1.165, 1.54) is 11.1 Å². The Labute approximate surface area is 186 Å². The third-order valence-electron chi connectivity index (χ3n) is 5.14. The van der Waals surface area contributed by atoms with Gasteiger partial charge in [0.25, 0.3) is 0 Å². The minimum Gasteiger partial charge on any atom is -0.342 e. The van der Waals surface area contributed by atoms with Gasteiger partial charge in [0.15, 0.2) is 0 Å². The predicted octanol–water partition coefficient (Wildman–Crippen LogP) is 5.04. The molecule has 0 atom stereocenters. The lowest BCUT2D eigenvalue weighted by molar-refractivity contribution is -0.131. The summed E-state index contributed by atoms with van der Waals surface area (Å²) in [7, 11) is 0. The molecule has 4 rings (SSSR count). The summed E-state index contributed by atoms with van der Waals surface area (Å²) in [6.45, 7) is 1.39. The van der Waals surface area contributed by atoms with Gasteiger partial charge in [-0.05, 0) is 35.4 Å². The summed E-state index contributed by atoms with van der Waals surface area (Å²) in [5, 5.41) is 6.01. The van der Waals surface area contributed by atoms with Crippen molar-refractivity contribution in [3.8, 4) is 10.7 Å². The predicted molar refractivity (Wildman–Crippen MR) is 123 cm³/mol. The number of hydrogen-bond donors (Lipinski definition) is 0. The molecule has 2 heterocycles. The number of aromatic nitrogens is 2. The maximum absolute atomic E-state index is 13.0. The lowest BCUT2D eigenvalue weighted by atomic mass is 10.1. The van der Waals surface area contributed by atoms with Crippen molar-refractivity contribution in [1.29, 1.82) is 0 Å². The normalized spacial score (nSPS) is 10.8. The molecule has 31 heavy (non-hydrogen) atoms. The minimum absolute atomic E-state index is 0.114. The van der Waals surface area contributed by atoms with Crippen LogP contribution in [0.3, 0.4) is 0 Å². The topological polar surface area (TPSA) is 59.2 Å². The van der Waals surface area contributed by atoms with E-state index in [2.05, 4.69) is 34.4 Å². The Balaban J connectivity index is 1.36. The van der Waals surface area contributed by atoms with Gasteiger partial charge in [-0.25, -0.2) is 0 Å². The van der Waals surface area contributed by atoms with Crippen LogP contribution < -0.4 is 0 Å². The number of nitrogens with zero attached hydrogens (tertiary/aromatic N) is 3. The number of carbonyl (C=O) groups is 1. The van der Waals surface area contributed by atoms with Crippen molar-refractivity contribution in [2.24, 2.45) is 0 Å². The minimum atomic E-state index is 0.114. The van der Waals surface area contributed by atoms with Gasteiger partial charge in [0.05, 0.1) is 4.88 Å². The number of thiophene rings is 1. The maximum atomic E-state index is 13.0. The Morgan fingerprint density at radius 3 is 2.06 bits per heavy atom. The van der Waals surface area contributed by atoms with Gasteiger partial charge in [0, 0.05) is 25.9 Å². The third kappa shape index (κ3) is 6.12. The molecule has 0 spiro atoms. The number of hydrogen-bond acceptors (Lipinski definition) is 5. The average Bonchev–Trinajstić information content (AvgIpc) is 3.51. The molecule has 0 bridgehead atoms. The van der Waals surface area contributed by atoms with Gasteiger partial charge in [0.2, 0.25) is 17.6 Å². The Hall–Kier alpha value is -3.25. The van der Waals surface area contributed by atoms with Crippen LogP contribution >= 0.6 is 11.3 Å². The van der Waals surface area contributed by atoms with Crippen molar-refractivity contribution in [3.63, 3.8) is 0 Å². The highest BCUT2D eigenvalue weighted by Crippen LogP contribution is 2.21. The van der Waals surface area contributed by atoms with Gasteiger partial charge in [-0.15, -0.1) is 11.3 Å². The van der Waals surface area contributed by atoms with Crippen molar-refractivity contribution in [2.45, 2.75) is 25.7 Å². The summed E-state index contributed by atoms with van der Waals surface area (Å²) in [4.78, 5) is 20.4. The maximum Gasteiger partial charge on any atom is 0.227 e. The first-order chi connectivity index (χ1) is 15.3. The molecule has 1 amide bonds. The Bertz CT molecular complexity index is 1020. The number of benzene rings is 2. The molecule has 5 nitrogen and oxygen atoms in total. The highest BCUT2D eigenvalue weighted by atomic mass is 32.1. The number of rotatable bonds is 10. The van der Waals surface area contributed by atoms with Crippen LogP contribution in [0.2, 0.25) is 0 Å². The molecule has 0 saturated carbocycles. The number of aryl methyl sites for hydroxylation is 1. The largest absolute Gasteiger partial charge is 0.342 e. The molecule has 0 saturated heterocycles. The molecule has 0 fully saturated rings. The van der Waals surface area contributed by atoms with Crippen molar-refractivity contribution >= 4 is 17.2 Å². The second-order valence-electron chi connectivity index (χ2n) is 7.34. The fourth-order valence-electron chi connectivity index (χ4n) is 3.41. The van der Waals surface area contributed by atoms with Gasteiger partial charge < -0.3 is 9.42 Å². The lowest BCUT2D eigenvalue weighted by Crippen LogP contribution is -2.35. The first-order valence-electron chi connectivity index (χ1n) is 10.5. The molecule has 4 aromatic rings. The summed E-state index contributed by atoms with van der Waals surface area (Å²) in [6.07, 6.45) is 2.48. The second-order valence-corrected chi connectivity index (χ2v) is 8.29. The van der Waals surface area contributed by atoms with Crippen LogP contribution in [0.4, 0.5) is 0 Å². The molecular weight excluding hydrogens is 406 g/mol. The Morgan fingerprint density at radius 1 is 0.839 bits per heavy atom. The zero-order valence-corrected chi connectivity index (χ0v) is 18.1. The lowest BCUT2D eigenvalue weighted by Gasteiger charge is -2.23. The molecule has 0 unspecified atom stereocenters. The summed E-state index contributed by atoms with van der Waals surface area (Å²) < 4.78 is 5.35. The first kappa shape index (κ1) is 21.0. The van der Waals surface area contributed by atoms with Crippen molar-refractivity contribution in [2.75, 3.05) is 13.1 Å². The van der Waals surface area contributed by atoms with E-state index in [0.29, 0.717) is 37.6 Å². The Kier molecular flexibility index (Phi) is 7.24. The van der Waals surface area contributed by atoms with E-state index in [0.717, 1.165) is 17.7 Å². The van der Waals surface area contributed by atoms with E-state index < -0.39 is 0 Å². The van der Waals surface area contributed by atoms with Crippen LogP contribution in [0.5, 0.6) is 0 Å². The quantitative estimate of drug-likeness (QED) is 0.353. The van der Waals surface area contributed by atoms with Crippen molar-refractivity contribution < 1.29 is 9.32 Å². The zero-order valence-electron chi connectivity index (χ0n) is 17.3. The molecule has 0 N–H and O–H groups in total. The summed E-state index contributed by atoms with van der Waals surface area (Å²) in [6, 6.07) is 24.5. The molecule has 0 aliphatic carbocycles.